The second-order valence-electron chi connectivity index (χ2n) is 5.56. The topological polar surface area (TPSA) is 61.5 Å². The van der Waals surface area contributed by atoms with Crippen molar-refractivity contribution in [1.82, 2.24) is 0 Å². The lowest BCUT2D eigenvalue weighted by atomic mass is 9.84. The summed E-state index contributed by atoms with van der Waals surface area (Å²) in [4.78, 5) is 11.7. The van der Waals surface area contributed by atoms with Crippen LogP contribution >= 0.6 is 0 Å². The van der Waals surface area contributed by atoms with Crippen molar-refractivity contribution in [2.45, 2.75) is 52.0 Å². The summed E-state index contributed by atoms with van der Waals surface area (Å²) >= 11 is 0. The Kier molecular flexibility index (Phi) is 7.28. The van der Waals surface area contributed by atoms with Crippen LogP contribution in [0, 0.1) is 11.8 Å². The number of nitrogens with two attached hydrogens (primary N) is 1. The Morgan fingerprint density at radius 2 is 1.89 bits per heavy atom. The molecule has 0 radical (unpaired) electrons. The van der Waals surface area contributed by atoms with Crippen LogP contribution in [-0.4, -0.2) is 31.8 Å². The number of hydrogen-bond acceptors (Lipinski definition) is 4. The van der Waals surface area contributed by atoms with Crippen LogP contribution in [0.3, 0.4) is 0 Å². The lowest BCUT2D eigenvalue weighted by Gasteiger charge is -2.25. The van der Waals surface area contributed by atoms with Crippen LogP contribution in [0.1, 0.15) is 46.0 Å². The van der Waals surface area contributed by atoms with Crippen molar-refractivity contribution in [3.05, 3.63) is 0 Å². The molecule has 0 saturated heterocycles. The van der Waals surface area contributed by atoms with Crippen molar-refractivity contribution < 1.29 is 14.3 Å². The molecular formula is C14H27NO3. The maximum absolute atomic E-state index is 11.7. The van der Waals surface area contributed by atoms with Crippen molar-refractivity contribution in [2.75, 3.05) is 19.8 Å². The van der Waals surface area contributed by atoms with Crippen LogP contribution in [0.15, 0.2) is 0 Å². The van der Waals surface area contributed by atoms with E-state index in [-0.39, 0.29) is 5.97 Å². The molecule has 0 aromatic rings. The number of hydrogen-bond donors (Lipinski definition) is 1. The molecule has 2 N–H and O–H groups in total. The van der Waals surface area contributed by atoms with E-state index in [2.05, 4.69) is 13.8 Å². The second-order valence-corrected chi connectivity index (χ2v) is 5.56. The fraction of sp³-hybridized carbons (Fsp3) is 0.929. The lowest BCUT2D eigenvalue weighted by Crippen LogP contribution is -2.40. The van der Waals surface area contributed by atoms with Crippen molar-refractivity contribution in [2.24, 2.45) is 17.6 Å². The molecule has 4 heteroatoms. The SMILES string of the molecule is CC(C)COCCOC(=O)C(N)C1CCCCC1. The van der Waals surface area contributed by atoms with E-state index in [1.165, 1.54) is 19.3 Å². The van der Waals surface area contributed by atoms with Gasteiger partial charge in [-0.1, -0.05) is 33.1 Å². The van der Waals surface area contributed by atoms with Gasteiger partial charge in [0.15, 0.2) is 0 Å². The standard InChI is InChI=1S/C14H27NO3/c1-11(2)10-17-8-9-18-14(16)13(15)12-6-4-3-5-7-12/h11-13H,3-10,15H2,1-2H3. The van der Waals surface area contributed by atoms with Gasteiger partial charge in [-0.05, 0) is 24.7 Å². The molecule has 0 aromatic carbocycles. The van der Waals surface area contributed by atoms with Gasteiger partial charge in [-0.3, -0.25) is 4.79 Å². The molecule has 18 heavy (non-hydrogen) atoms. The number of ether oxygens (including phenoxy) is 2. The van der Waals surface area contributed by atoms with Crippen molar-refractivity contribution in [3.8, 4) is 0 Å². The van der Waals surface area contributed by atoms with Gasteiger partial charge in [0.25, 0.3) is 0 Å². The second kappa shape index (κ2) is 8.48. The van der Waals surface area contributed by atoms with E-state index in [9.17, 15) is 4.79 Å². The molecule has 1 aliphatic rings. The molecule has 0 bridgehead atoms. The number of esters is 1. The largest absolute Gasteiger partial charge is 0.462 e. The summed E-state index contributed by atoms with van der Waals surface area (Å²) in [5.41, 5.74) is 5.94. The van der Waals surface area contributed by atoms with Crippen LogP contribution in [0.25, 0.3) is 0 Å². The Morgan fingerprint density at radius 3 is 2.50 bits per heavy atom. The van der Waals surface area contributed by atoms with E-state index >= 15 is 0 Å². The van der Waals surface area contributed by atoms with Crippen LogP contribution in [0.2, 0.25) is 0 Å². The van der Waals surface area contributed by atoms with E-state index in [1.807, 2.05) is 0 Å². The molecular weight excluding hydrogens is 230 g/mol. The molecule has 4 nitrogen and oxygen atoms in total. The molecule has 1 unspecified atom stereocenters. The van der Waals surface area contributed by atoms with Gasteiger partial charge in [-0.2, -0.15) is 0 Å². The highest BCUT2D eigenvalue weighted by Gasteiger charge is 2.27. The van der Waals surface area contributed by atoms with Gasteiger partial charge >= 0.3 is 5.97 Å². The fourth-order valence-electron chi connectivity index (χ4n) is 2.30. The molecule has 0 spiro atoms. The normalized spacial score (nSPS) is 18.9. The molecule has 1 aliphatic carbocycles. The number of carbonyl (C=O) groups is 1. The highest BCUT2D eigenvalue weighted by Crippen LogP contribution is 2.25. The van der Waals surface area contributed by atoms with Gasteiger partial charge in [0.2, 0.25) is 0 Å². The summed E-state index contributed by atoms with van der Waals surface area (Å²) in [6.07, 6.45) is 5.74. The maximum atomic E-state index is 11.7. The summed E-state index contributed by atoms with van der Waals surface area (Å²) in [5, 5.41) is 0. The predicted octanol–water partition coefficient (Wildman–Crippen LogP) is 2.11. The molecule has 1 atom stereocenters. The van der Waals surface area contributed by atoms with Crippen molar-refractivity contribution in [3.63, 3.8) is 0 Å². The van der Waals surface area contributed by atoms with Crippen molar-refractivity contribution in [1.29, 1.82) is 0 Å². The van der Waals surface area contributed by atoms with Crippen LogP contribution in [0.4, 0.5) is 0 Å². The average molecular weight is 257 g/mol. The van der Waals surface area contributed by atoms with Gasteiger partial charge in [-0.25, -0.2) is 0 Å². The van der Waals surface area contributed by atoms with Crippen LogP contribution < -0.4 is 5.73 Å². The van der Waals surface area contributed by atoms with Crippen LogP contribution in [-0.2, 0) is 14.3 Å². The first-order valence-corrected chi connectivity index (χ1v) is 7.11. The molecule has 106 valence electrons. The third-order valence-electron chi connectivity index (χ3n) is 3.35. The summed E-state index contributed by atoms with van der Waals surface area (Å²) in [5.74, 6) is 0.545. The van der Waals surface area contributed by atoms with Gasteiger partial charge in [0.05, 0.1) is 6.61 Å². The Bertz CT molecular complexity index is 237. The third-order valence-corrected chi connectivity index (χ3v) is 3.35. The summed E-state index contributed by atoms with van der Waals surface area (Å²) in [6, 6.07) is -0.449. The smallest absolute Gasteiger partial charge is 0.323 e. The molecule has 1 rings (SSSR count). The minimum absolute atomic E-state index is 0.268. The maximum Gasteiger partial charge on any atom is 0.323 e. The Hall–Kier alpha value is -0.610. The average Bonchev–Trinajstić information content (AvgIpc) is 2.38. The quantitative estimate of drug-likeness (QED) is 0.560. The monoisotopic (exact) mass is 257 g/mol. The Labute approximate surface area is 110 Å². The third kappa shape index (κ3) is 5.83. The van der Waals surface area contributed by atoms with E-state index in [0.717, 1.165) is 12.8 Å². The molecule has 1 saturated carbocycles. The van der Waals surface area contributed by atoms with Gasteiger partial charge in [0, 0.05) is 6.61 Å². The van der Waals surface area contributed by atoms with E-state index in [0.29, 0.717) is 31.7 Å². The fourth-order valence-corrected chi connectivity index (χ4v) is 2.30. The summed E-state index contributed by atoms with van der Waals surface area (Å²) in [7, 11) is 0. The molecule has 0 aliphatic heterocycles. The van der Waals surface area contributed by atoms with Gasteiger partial charge < -0.3 is 15.2 Å². The van der Waals surface area contributed by atoms with Crippen molar-refractivity contribution >= 4 is 5.97 Å². The Morgan fingerprint density at radius 1 is 1.22 bits per heavy atom. The molecule has 1 fully saturated rings. The molecule has 0 aromatic heterocycles. The number of carbonyl (C=O) groups excluding carboxylic acids is 1. The van der Waals surface area contributed by atoms with E-state index < -0.39 is 6.04 Å². The zero-order valence-corrected chi connectivity index (χ0v) is 11.7. The first-order valence-electron chi connectivity index (χ1n) is 7.11. The minimum atomic E-state index is -0.449. The lowest BCUT2D eigenvalue weighted by molar-refractivity contribution is -0.148. The van der Waals surface area contributed by atoms with Crippen LogP contribution in [0.5, 0.6) is 0 Å². The highest BCUT2D eigenvalue weighted by molar-refractivity contribution is 5.75. The molecule has 0 amide bonds. The van der Waals surface area contributed by atoms with Gasteiger partial charge in [0.1, 0.15) is 12.6 Å². The first-order chi connectivity index (χ1) is 8.61. The highest BCUT2D eigenvalue weighted by atomic mass is 16.6. The molecule has 0 heterocycles. The number of rotatable bonds is 7. The predicted molar refractivity (Wildman–Crippen MR) is 71.2 cm³/mol. The Balaban J connectivity index is 2.11. The minimum Gasteiger partial charge on any atom is -0.462 e. The van der Waals surface area contributed by atoms with E-state index in [4.69, 9.17) is 15.2 Å². The van der Waals surface area contributed by atoms with Gasteiger partial charge in [-0.15, -0.1) is 0 Å². The summed E-state index contributed by atoms with van der Waals surface area (Å²) in [6.45, 7) is 5.65. The first kappa shape index (κ1) is 15.4. The zero-order chi connectivity index (χ0) is 13.4. The summed E-state index contributed by atoms with van der Waals surface area (Å²) < 4.78 is 10.5. The zero-order valence-electron chi connectivity index (χ0n) is 11.7. The van der Waals surface area contributed by atoms with E-state index in [1.54, 1.807) is 0 Å².